The third kappa shape index (κ3) is 4.67. The number of sulfone groups is 1. The molecule has 3 rings (SSSR count). The maximum absolute atomic E-state index is 13.1. The van der Waals surface area contributed by atoms with Crippen LogP contribution in [0.5, 0.6) is 0 Å². The molecule has 0 unspecified atom stereocenters. The lowest BCUT2D eigenvalue weighted by Crippen LogP contribution is -2.42. The molecule has 170 valence electrons. The summed E-state index contributed by atoms with van der Waals surface area (Å²) in [6.07, 6.45) is 1.09. The third-order valence-corrected chi connectivity index (χ3v) is 6.60. The van der Waals surface area contributed by atoms with E-state index in [1.165, 1.54) is 24.3 Å². The number of carbonyl (C=O) groups is 3. The van der Waals surface area contributed by atoms with Crippen molar-refractivity contribution in [2.45, 2.75) is 43.5 Å². The van der Waals surface area contributed by atoms with E-state index in [0.717, 1.165) is 16.7 Å². The van der Waals surface area contributed by atoms with E-state index < -0.39 is 39.8 Å². The number of nitrogens with one attached hydrogen (secondary N) is 2. The largest absolute Gasteiger partial charge is 0.325 e. The molecule has 0 aliphatic carbocycles. The molecule has 32 heavy (non-hydrogen) atoms. The first kappa shape index (κ1) is 23.5. The van der Waals surface area contributed by atoms with E-state index in [1.807, 2.05) is 24.3 Å². The number of hydrogen-bond acceptors (Lipinski definition) is 5. The van der Waals surface area contributed by atoms with Crippen LogP contribution in [0.15, 0.2) is 53.4 Å². The normalized spacial score (nSPS) is 19.1. The van der Waals surface area contributed by atoms with E-state index >= 15 is 0 Å². The molecule has 2 aromatic carbocycles. The summed E-state index contributed by atoms with van der Waals surface area (Å²) >= 11 is 0. The zero-order valence-electron chi connectivity index (χ0n) is 18.7. The van der Waals surface area contributed by atoms with Crippen LogP contribution >= 0.6 is 0 Å². The van der Waals surface area contributed by atoms with Crippen molar-refractivity contribution in [1.29, 1.82) is 0 Å². The fraction of sp³-hybridized carbons (Fsp3) is 0.348. The first-order valence-corrected chi connectivity index (χ1v) is 12.0. The summed E-state index contributed by atoms with van der Waals surface area (Å²) in [5.41, 5.74) is 0.759. The number of amides is 4. The van der Waals surface area contributed by atoms with Crippen LogP contribution < -0.4 is 10.6 Å². The van der Waals surface area contributed by atoms with Crippen molar-refractivity contribution in [3.63, 3.8) is 0 Å². The molecule has 1 atom stereocenters. The van der Waals surface area contributed by atoms with Gasteiger partial charge >= 0.3 is 6.03 Å². The Morgan fingerprint density at radius 1 is 1.03 bits per heavy atom. The first-order chi connectivity index (χ1) is 14.7. The standard InChI is InChI=1S/C23H27N3O5S/c1-22(2,3)15-6-8-16(9-7-15)23(4)20(28)26(21(29)25-23)14-19(27)24-17-10-12-18(13-11-17)32(5,30)31/h6-13H,14H2,1-5H3,(H,24,27)(H,25,29)/t23-/m0/s1. The zero-order chi connectivity index (χ0) is 23.9. The SMILES string of the molecule is CC(C)(C)c1ccc([C@]2(C)NC(=O)N(CC(=O)Nc3ccc(S(C)(=O)=O)cc3)C2=O)cc1. The van der Waals surface area contributed by atoms with E-state index in [0.29, 0.717) is 11.3 Å². The monoisotopic (exact) mass is 457 g/mol. The highest BCUT2D eigenvalue weighted by atomic mass is 32.2. The summed E-state index contributed by atoms with van der Waals surface area (Å²) in [4.78, 5) is 39.0. The topological polar surface area (TPSA) is 113 Å². The maximum Gasteiger partial charge on any atom is 0.325 e. The summed E-state index contributed by atoms with van der Waals surface area (Å²) in [5.74, 6) is -1.10. The average molecular weight is 458 g/mol. The molecule has 1 aliphatic rings. The summed E-state index contributed by atoms with van der Waals surface area (Å²) < 4.78 is 23.1. The first-order valence-electron chi connectivity index (χ1n) is 10.1. The maximum atomic E-state index is 13.1. The van der Waals surface area contributed by atoms with Crippen molar-refractivity contribution >= 4 is 33.4 Å². The molecule has 0 aromatic heterocycles. The van der Waals surface area contributed by atoms with Gasteiger partial charge in [-0.05, 0) is 47.7 Å². The molecule has 0 radical (unpaired) electrons. The third-order valence-electron chi connectivity index (χ3n) is 5.47. The second-order valence-electron chi connectivity index (χ2n) is 9.12. The molecular weight excluding hydrogens is 430 g/mol. The van der Waals surface area contributed by atoms with Gasteiger partial charge in [-0.3, -0.25) is 14.5 Å². The highest BCUT2D eigenvalue weighted by molar-refractivity contribution is 7.90. The quantitative estimate of drug-likeness (QED) is 0.671. The summed E-state index contributed by atoms with van der Waals surface area (Å²) in [6.45, 7) is 7.40. The van der Waals surface area contributed by atoms with Gasteiger partial charge in [0.05, 0.1) is 4.90 Å². The molecule has 2 aromatic rings. The van der Waals surface area contributed by atoms with Crippen molar-refractivity contribution < 1.29 is 22.8 Å². The van der Waals surface area contributed by atoms with Crippen LogP contribution in [-0.4, -0.2) is 44.0 Å². The Balaban J connectivity index is 1.72. The van der Waals surface area contributed by atoms with Gasteiger partial charge in [-0.1, -0.05) is 45.0 Å². The molecule has 8 nitrogen and oxygen atoms in total. The Bertz CT molecular complexity index is 1170. The number of benzene rings is 2. The molecule has 1 heterocycles. The number of rotatable bonds is 5. The molecular formula is C23H27N3O5S. The van der Waals surface area contributed by atoms with Gasteiger partial charge in [0.15, 0.2) is 9.84 Å². The van der Waals surface area contributed by atoms with Gasteiger partial charge in [0.25, 0.3) is 5.91 Å². The van der Waals surface area contributed by atoms with Gasteiger partial charge in [0, 0.05) is 11.9 Å². The summed E-state index contributed by atoms with van der Waals surface area (Å²) in [6, 6.07) is 12.5. The average Bonchev–Trinajstić information content (AvgIpc) is 2.91. The van der Waals surface area contributed by atoms with Crippen molar-refractivity contribution in [2.75, 3.05) is 18.1 Å². The Hall–Kier alpha value is -3.20. The van der Waals surface area contributed by atoms with E-state index in [4.69, 9.17) is 0 Å². The number of hydrogen-bond donors (Lipinski definition) is 2. The van der Waals surface area contributed by atoms with Crippen molar-refractivity contribution in [3.05, 3.63) is 59.7 Å². The van der Waals surface area contributed by atoms with Crippen LogP contribution in [0.4, 0.5) is 10.5 Å². The summed E-state index contributed by atoms with van der Waals surface area (Å²) in [5, 5.41) is 5.26. The molecule has 1 saturated heterocycles. The van der Waals surface area contributed by atoms with E-state index in [1.54, 1.807) is 6.92 Å². The van der Waals surface area contributed by atoms with Crippen LogP contribution in [0.3, 0.4) is 0 Å². The lowest BCUT2D eigenvalue weighted by atomic mass is 9.84. The smallest absolute Gasteiger partial charge is 0.325 e. The molecule has 0 spiro atoms. The molecule has 4 amide bonds. The Morgan fingerprint density at radius 3 is 2.09 bits per heavy atom. The minimum atomic E-state index is -3.35. The second-order valence-corrected chi connectivity index (χ2v) is 11.1. The van der Waals surface area contributed by atoms with Gasteiger partial charge in [-0.25, -0.2) is 13.2 Å². The molecule has 0 bridgehead atoms. The minimum Gasteiger partial charge on any atom is -0.325 e. The van der Waals surface area contributed by atoms with Crippen LogP contribution in [0.2, 0.25) is 0 Å². The lowest BCUT2D eigenvalue weighted by Gasteiger charge is -2.24. The number of anilines is 1. The van der Waals surface area contributed by atoms with Crippen molar-refractivity contribution in [2.24, 2.45) is 0 Å². The zero-order valence-corrected chi connectivity index (χ0v) is 19.5. The highest BCUT2D eigenvalue weighted by Gasteiger charge is 2.49. The number of imide groups is 1. The Labute approximate surface area is 187 Å². The predicted octanol–water partition coefficient (Wildman–Crippen LogP) is 2.79. The molecule has 9 heteroatoms. The van der Waals surface area contributed by atoms with Gasteiger partial charge in [0.2, 0.25) is 5.91 Å². The van der Waals surface area contributed by atoms with Gasteiger partial charge in [-0.15, -0.1) is 0 Å². The van der Waals surface area contributed by atoms with Crippen LogP contribution in [0, 0.1) is 0 Å². The van der Waals surface area contributed by atoms with Crippen LogP contribution in [-0.2, 0) is 30.4 Å². The van der Waals surface area contributed by atoms with E-state index in [-0.39, 0.29) is 10.3 Å². The van der Waals surface area contributed by atoms with Crippen molar-refractivity contribution in [3.8, 4) is 0 Å². The molecule has 1 aliphatic heterocycles. The molecule has 2 N–H and O–H groups in total. The molecule has 1 fully saturated rings. The number of urea groups is 1. The highest BCUT2D eigenvalue weighted by Crippen LogP contribution is 2.31. The van der Waals surface area contributed by atoms with Gasteiger partial charge in [-0.2, -0.15) is 0 Å². The Kier molecular flexibility index (Phi) is 5.90. The minimum absolute atomic E-state index is 0.0496. The number of nitrogens with zero attached hydrogens (tertiary/aromatic N) is 1. The fourth-order valence-corrected chi connectivity index (χ4v) is 4.10. The number of carbonyl (C=O) groups excluding carboxylic acids is 3. The fourth-order valence-electron chi connectivity index (χ4n) is 3.47. The molecule has 0 saturated carbocycles. The van der Waals surface area contributed by atoms with Crippen LogP contribution in [0.1, 0.15) is 38.8 Å². The van der Waals surface area contributed by atoms with Crippen molar-refractivity contribution in [1.82, 2.24) is 10.2 Å². The van der Waals surface area contributed by atoms with Gasteiger partial charge in [0.1, 0.15) is 12.1 Å². The predicted molar refractivity (Wildman–Crippen MR) is 121 cm³/mol. The summed E-state index contributed by atoms with van der Waals surface area (Å²) in [7, 11) is -3.35. The van der Waals surface area contributed by atoms with E-state index in [9.17, 15) is 22.8 Å². The van der Waals surface area contributed by atoms with Crippen LogP contribution in [0.25, 0.3) is 0 Å². The van der Waals surface area contributed by atoms with Gasteiger partial charge < -0.3 is 10.6 Å². The second kappa shape index (κ2) is 8.05. The Morgan fingerprint density at radius 2 is 1.59 bits per heavy atom. The lowest BCUT2D eigenvalue weighted by molar-refractivity contribution is -0.133. The van der Waals surface area contributed by atoms with E-state index in [2.05, 4.69) is 31.4 Å².